The largest absolute Gasteiger partial charge is 0.348 e. The number of hydrogen-bond donors (Lipinski definition) is 1. The van der Waals surface area contributed by atoms with E-state index in [2.05, 4.69) is 39.2 Å². The highest BCUT2D eigenvalue weighted by atomic mass is 14.9. The predicted octanol–water partition coefficient (Wildman–Crippen LogP) is 3.55. The van der Waals surface area contributed by atoms with Crippen molar-refractivity contribution in [2.75, 3.05) is 0 Å². The second-order valence-electron chi connectivity index (χ2n) is 5.15. The number of nitrogens with zero attached hydrogens (tertiary/aromatic N) is 2. The third-order valence-electron chi connectivity index (χ3n) is 4.06. The fraction of sp³-hybridized carbons (Fsp3) is 0.176. The minimum absolute atomic E-state index is 0.392. The van der Waals surface area contributed by atoms with Gasteiger partial charge in [-0.25, -0.2) is 4.98 Å². The van der Waals surface area contributed by atoms with Crippen LogP contribution in [0.15, 0.2) is 55.0 Å². The highest BCUT2D eigenvalue weighted by Crippen LogP contribution is 2.40. The van der Waals surface area contributed by atoms with E-state index >= 15 is 0 Å². The van der Waals surface area contributed by atoms with Crippen LogP contribution in [0.1, 0.15) is 29.3 Å². The van der Waals surface area contributed by atoms with Crippen molar-refractivity contribution in [2.45, 2.75) is 18.8 Å². The van der Waals surface area contributed by atoms with Crippen LogP contribution in [0.2, 0.25) is 0 Å². The summed E-state index contributed by atoms with van der Waals surface area (Å²) in [6.45, 7) is 0. The summed E-state index contributed by atoms with van der Waals surface area (Å²) in [5.74, 6) is 1.46. The molecule has 2 heterocycles. The summed E-state index contributed by atoms with van der Waals surface area (Å²) < 4.78 is 0. The van der Waals surface area contributed by atoms with Gasteiger partial charge in [-0.05, 0) is 36.1 Å². The maximum Gasteiger partial charge on any atom is 0.113 e. The van der Waals surface area contributed by atoms with E-state index in [1.807, 2.05) is 30.7 Å². The molecule has 3 aromatic rings. The Bertz CT molecular complexity index is 717. The van der Waals surface area contributed by atoms with Crippen LogP contribution in [0, 0.1) is 0 Å². The number of hydrogen-bond acceptors (Lipinski definition) is 2. The van der Waals surface area contributed by atoms with Gasteiger partial charge in [0.05, 0.1) is 5.69 Å². The monoisotopic (exact) mass is 261 g/mol. The normalized spacial score (nSPS) is 17.1. The smallest absolute Gasteiger partial charge is 0.113 e. The summed E-state index contributed by atoms with van der Waals surface area (Å²) >= 11 is 0. The van der Waals surface area contributed by atoms with Crippen LogP contribution >= 0.6 is 0 Å². The number of H-pyrrole nitrogens is 1. The van der Waals surface area contributed by atoms with Crippen molar-refractivity contribution in [1.82, 2.24) is 15.0 Å². The van der Waals surface area contributed by atoms with Crippen molar-refractivity contribution in [2.24, 2.45) is 0 Å². The van der Waals surface area contributed by atoms with Crippen molar-refractivity contribution in [3.8, 4) is 11.3 Å². The molecule has 1 aliphatic carbocycles. The molecule has 0 spiro atoms. The topological polar surface area (TPSA) is 41.6 Å². The highest BCUT2D eigenvalue weighted by molar-refractivity contribution is 5.67. The molecule has 3 nitrogen and oxygen atoms in total. The van der Waals surface area contributed by atoms with Gasteiger partial charge in [0.25, 0.3) is 0 Å². The van der Waals surface area contributed by atoms with Gasteiger partial charge in [0.2, 0.25) is 0 Å². The first-order valence-electron chi connectivity index (χ1n) is 6.96. The zero-order valence-electron chi connectivity index (χ0n) is 11.1. The second kappa shape index (κ2) is 4.60. The van der Waals surface area contributed by atoms with E-state index in [0.29, 0.717) is 5.92 Å². The molecule has 2 aromatic heterocycles. The molecule has 0 saturated heterocycles. The summed E-state index contributed by atoms with van der Waals surface area (Å²) in [5.41, 5.74) is 5.14. The molecule has 1 N–H and O–H groups in total. The molecule has 0 aliphatic heterocycles. The molecule has 1 atom stereocenters. The van der Waals surface area contributed by atoms with Gasteiger partial charge in [-0.1, -0.05) is 24.3 Å². The standard InChI is InChI=1S/C17H15N3/c1-2-9-18-16(6-1)14-5-3-4-12-13(14)7-8-15(12)17-19-10-11-20-17/h1-6,9-11,15H,7-8H2,(H,19,20). The lowest BCUT2D eigenvalue weighted by molar-refractivity contribution is 0.741. The lowest BCUT2D eigenvalue weighted by Gasteiger charge is -2.11. The van der Waals surface area contributed by atoms with E-state index in [-0.39, 0.29) is 0 Å². The molecule has 1 unspecified atom stereocenters. The molecule has 0 bridgehead atoms. The predicted molar refractivity (Wildman–Crippen MR) is 78.4 cm³/mol. The number of fused-ring (bicyclic) bond motifs is 1. The Balaban J connectivity index is 1.83. The molecule has 3 heteroatoms. The Morgan fingerprint density at radius 3 is 2.80 bits per heavy atom. The van der Waals surface area contributed by atoms with Gasteiger partial charge in [-0.3, -0.25) is 4.98 Å². The summed E-state index contributed by atoms with van der Waals surface area (Å²) in [6, 6.07) is 12.6. The molecule has 0 saturated carbocycles. The minimum atomic E-state index is 0.392. The molecule has 0 amide bonds. The highest BCUT2D eigenvalue weighted by Gasteiger charge is 2.27. The summed E-state index contributed by atoms with van der Waals surface area (Å²) in [6.07, 6.45) is 7.79. The van der Waals surface area contributed by atoms with Crippen LogP contribution in [0.4, 0.5) is 0 Å². The molecular weight excluding hydrogens is 246 g/mol. The summed E-state index contributed by atoms with van der Waals surface area (Å²) in [4.78, 5) is 12.2. The van der Waals surface area contributed by atoms with E-state index in [4.69, 9.17) is 0 Å². The number of aromatic nitrogens is 3. The van der Waals surface area contributed by atoms with E-state index < -0.39 is 0 Å². The van der Waals surface area contributed by atoms with Crippen LogP contribution in [0.3, 0.4) is 0 Å². The van der Waals surface area contributed by atoms with Crippen molar-refractivity contribution >= 4 is 0 Å². The minimum Gasteiger partial charge on any atom is -0.348 e. The van der Waals surface area contributed by atoms with Crippen LogP contribution < -0.4 is 0 Å². The number of imidazole rings is 1. The SMILES string of the molecule is c1ccc(-c2cccc3c2CCC3c2ncc[nH]2)nc1. The molecule has 1 aromatic carbocycles. The zero-order valence-corrected chi connectivity index (χ0v) is 11.1. The van der Waals surface area contributed by atoms with Crippen LogP contribution in [-0.2, 0) is 6.42 Å². The third kappa shape index (κ3) is 1.74. The maximum absolute atomic E-state index is 4.49. The van der Waals surface area contributed by atoms with Crippen molar-refractivity contribution in [1.29, 1.82) is 0 Å². The Kier molecular flexibility index (Phi) is 2.62. The Morgan fingerprint density at radius 2 is 2.00 bits per heavy atom. The molecule has 98 valence electrons. The van der Waals surface area contributed by atoms with Gasteiger partial charge in [-0.15, -0.1) is 0 Å². The average molecular weight is 261 g/mol. The number of benzene rings is 1. The first-order valence-corrected chi connectivity index (χ1v) is 6.96. The van der Waals surface area contributed by atoms with E-state index in [1.54, 1.807) is 0 Å². The van der Waals surface area contributed by atoms with Crippen LogP contribution in [0.5, 0.6) is 0 Å². The number of aromatic amines is 1. The lowest BCUT2D eigenvalue weighted by Crippen LogP contribution is -1.98. The Labute approximate surface area is 117 Å². The molecule has 1 aliphatic rings. The van der Waals surface area contributed by atoms with Gasteiger partial charge < -0.3 is 4.98 Å². The quantitative estimate of drug-likeness (QED) is 0.766. The van der Waals surface area contributed by atoms with Gasteiger partial charge >= 0.3 is 0 Å². The Morgan fingerprint density at radius 1 is 1.00 bits per heavy atom. The van der Waals surface area contributed by atoms with Gasteiger partial charge in [-0.2, -0.15) is 0 Å². The fourth-order valence-corrected chi connectivity index (χ4v) is 3.17. The zero-order chi connectivity index (χ0) is 13.4. The summed E-state index contributed by atoms with van der Waals surface area (Å²) in [5, 5.41) is 0. The Hall–Kier alpha value is -2.42. The molecule has 20 heavy (non-hydrogen) atoms. The average Bonchev–Trinajstić information content (AvgIpc) is 3.16. The van der Waals surface area contributed by atoms with E-state index in [1.165, 1.54) is 16.7 Å². The lowest BCUT2D eigenvalue weighted by atomic mass is 9.96. The van der Waals surface area contributed by atoms with E-state index in [9.17, 15) is 0 Å². The number of nitrogens with one attached hydrogen (secondary N) is 1. The number of pyridine rings is 1. The maximum atomic E-state index is 4.49. The van der Waals surface area contributed by atoms with Gasteiger partial charge in [0.1, 0.15) is 5.82 Å². The van der Waals surface area contributed by atoms with Gasteiger partial charge in [0.15, 0.2) is 0 Å². The molecule has 0 fully saturated rings. The van der Waals surface area contributed by atoms with Gasteiger partial charge in [0, 0.05) is 30.1 Å². The summed E-state index contributed by atoms with van der Waals surface area (Å²) in [7, 11) is 0. The second-order valence-corrected chi connectivity index (χ2v) is 5.15. The third-order valence-corrected chi connectivity index (χ3v) is 4.06. The van der Waals surface area contributed by atoms with Crippen LogP contribution in [-0.4, -0.2) is 15.0 Å². The van der Waals surface area contributed by atoms with E-state index in [0.717, 1.165) is 24.4 Å². The first kappa shape index (κ1) is 11.4. The van der Waals surface area contributed by atoms with Crippen LogP contribution in [0.25, 0.3) is 11.3 Å². The van der Waals surface area contributed by atoms with Crippen molar-refractivity contribution < 1.29 is 0 Å². The molecular formula is C17H15N3. The molecule has 4 rings (SSSR count). The first-order chi connectivity index (χ1) is 9.93. The van der Waals surface area contributed by atoms with Crippen molar-refractivity contribution in [3.63, 3.8) is 0 Å². The van der Waals surface area contributed by atoms with Crippen molar-refractivity contribution in [3.05, 3.63) is 71.9 Å². The number of rotatable bonds is 2. The molecule has 0 radical (unpaired) electrons. The fourth-order valence-electron chi connectivity index (χ4n) is 3.17.